The van der Waals surface area contributed by atoms with E-state index in [1.165, 1.54) is 109 Å². The van der Waals surface area contributed by atoms with E-state index in [0.29, 0.717) is 23.9 Å². The zero-order chi connectivity index (χ0) is 48.5. The maximum atomic E-state index is 12.7. The fraction of sp³-hybridized carbons (Fsp3) is 0.737. The Bertz CT molecular complexity index is 1350. The van der Waals surface area contributed by atoms with Gasteiger partial charge in [0.05, 0.1) is 39.9 Å². The summed E-state index contributed by atoms with van der Waals surface area (Å²) in [7, 11) is 1.29. The minimum absolute atomic E-state index is 0.00923. The van der Waals surface area contributed by atoms with Gasteiger partial charge in [-0.15, -0.1) is 0 Å². The monoisotopic (exact) mass is 943 g/mol. The molecular formula is C57H103N2O6P. The number of rotatable bonds is 48. The van der Waals surface area contributed by atoms with Crippen LogP contribution in [-0.4, -0.2) is 68.5 Å². The van der Waals surface area contributed by atoms with Crippen molar-refractivity contribution in [2.24, 2.45) is 0 Å². The second-order valence-electron chi connectivity index (χ2n) is 19.2. The second-order valence-corrected chi connectivity index (χ2v) is 20.6. The predicted octanol–water partition coefficient (Wildman–Crippen LogP) is 15.5. The number of aliphatic hydroxyl groups is 1. The van der Waals surface area contributed by atoms with Crippen molar-refractivity contribution < 1.29 is 32.9 Å². The average molecular weight is 943 g/mol. The fourth-order valence-electron chi connectivity index (χ4n) is 7.43. The van der Waals surface area contributed by atoms with Crippen LogP contribution in [0.15, 0.2) is 85.1 Å². The van der Waals surface area contributed by atoms with Crippen LogP contribution in [0.2, 0.25) is 0 Å². The molecule has 0 fully saturated rings. The zero-order valence-electron chi connectivity index (χ0n) is 43.4. The summed E-state index contributed by atoms with van der Waals surface area (Å²) in [6.45, 7) is 4.43. The summed E-state index contributed by atoms with van der Waals surface area (Å²) in [5.74, 6) is -0.177. The number of likely N-dealkylation sites (N-methyl/N-ethyl adjacent to an activating group) is 1. The van der Waals surface area contributed by atoms with Crippen molar-refractivity contribution in [1.82, 2.24) is 5.32 Å². The van der Waals surface area contributed by atoms with Gasteiger partial charge in [0, 0.05) is 6.42 Å². The number of allylic oxidation sites excluding steroid dienone is 14. The molecule has 1 amide bonds. The summed E-state index contributed by atoms with van der Waals surface area (Å²) >= 11 is 0. The second kappa shape index (κ2) is 47.7. The number of carbonyl (C=O) groups excluding carboxylic acids is 1. The average Bonchev–Trinajstić information content (AvgIpc) is 3.27. The van der Waals surface area contributed by atoms with Crippen molar-refractivity contribution in [2.45, 2.75) is 231 Å². The number of nitrogens with zero attached hydrogens (tertiary/aromatic N) is 1. The summed E-state index contributed by atoms with van der Waals surface area (Å²) in [4.78, 5) is 25.0. The van der Waals surface area contributed by atoms with E-state index in [-0.39, 0.29) is 19.1 Å². The Morgan fingerprint density at radius 2 is 0.924 bits per heavy atom. The molecule has 0 rings (SSSR count). The molecule has 8 nitrogen and oxygen atoms in total. The molecule has 382 valence electrons. The fourth-order valence-corrected chi connectivity index (χ4v) is 8.15. The number of hydrogen-bond acceptors (Lipinski definition) is 6. The number of aliphatic hydroxyl groups excluding tert-OH is 1. The SMILES string of the molecule is CC/C=C\C/C=C\C/C=C\C/C=C\C/C=C\C/C=C\C/C=C\CCCCCCCCCCCCCCCCCCCCCC(=O)NC(COP(=O)([O-])OCC[N+](C)(C)C)C(O)CCCCC. The molecule has 0 aromatic heterocycles. The maximum Gasteiger partial charge on any atom is 0.268 e. The topological polar surface area (TPSA) is 108 Å². The number of unbranched alkanes of at least 4 members (excludes halogenated alkanes) is 21. The highest BCUT2D eigenvalue weighted by Crippen LogP contribution is 2.38. The van der Waals surface area contributed by atoms with E-state index >= 15 is 0 Å². The minimum Gasteiger partial charge on any atom is -0.756 e. The van der Waals surface area contributed by atoms with Crippen molar-refractivity contribution in [3.63, 3.8) is 0 Å². The summed E-state index contributed by atoms with van der Waals surface area (Å²) in [5, 5.41) is 13.6. The molecule has 0 saturated heterocycles. The molecule has 0 bridgehead atoms. The molecule has 0 radical (unpaired) electrons. The number of quaternary nitrogens is 1. The van der Waals surface area contributed by atoms with Crippen LogP contribution in [0.25, 0.3) is 0 Å². The number of amides is 1. The molecule has 0 aliphatic rings. The minimum atomic E-state index is -4.54. The molecule has 3 unspecified atom stereocenters. The predicted molar refractivity (Wildman–Crippen MR) is 283 cm³/mol. The highest BCUT2D eigenvalue weighted by Gasteiger charge is 2.24. The van der Waals surface area contributed by atoms with Gasteiger partial charge in [-0.25, -0.2) is 0 Å². The molecule has 0 heterocycles. The van der Waals surface area contributed by atoms with E-state index in [1.807, 2.05) is 21.1 Å². The van der Waals surface area contributed by atoms with E-state index in [0.717, 1.165) is 83.5 Å². The quantitative estimate of drug-likeness (QED) is 0.0272. The number of hydrogen-bond donors (Lipinski definition) is 2. The Kier molecular flexibility index (Phi) is 46.1. The van der Waals surface area contributed by atoms with Crippen LogP contribution in [0, 0.1) is 0 Å². The summed E-state index contributed by atoms with van der Waals surface area (Å²) in [6.07, 6.45) is 67.3. The van der Waals surface area contributed by atoms with Crippen molar-refractivity contribution in [2.75, 3.05) is 40.9 Å². The molecule has 0 aliphatic carbocycles. The smallest absolute Gasteiger partial charge is 0.268 e. The van der Waals surface area contributed by atoms with E-state index < -0.39 is 20.0 Å². The van der Waals surface area contributed by atoms with Gasteiger partial charge in [0.15, 0.2) is 0 Å². The van der Waals surface area contributed by atoms with Crippen molar-refractivity contribution in [3.8, 4) is 0 Å². The standard InChI is InChI=1S/C57H103N2O6P/c1-6-8-10-11-12-13-14-15-16-17-18-19-20-21-22-23-24-25-26-27-28-29-30-31-32-33-34-35-36-37-38-39-40-41-42-43-44-45-46-47-49-51-57(61)58-55(56(60)50-48-9-7-2)54-65-66(62,63)64-53-52-59(3,4)5/h8,10,12-13,15-16,18-19,21-22,24-25,27-28,55-56,60H,6-7,9,11,14,17,20,23,26,29-54H2,1-5H3,(H-,58,61,62,63)/b10-8-,13-12-,16-15-,19-18-,22-21-,25-24-,28-27-. The van der Waals surface area contributed by atoms with Crippen LogP contribution < -0.4 is 10.2 Å². The third-order valence-corrected chi connectivity index (χ3v) is 12.6. The number of nitrogens with one attached hydrogen (secondary N) is 1. The Morgan fingerprint density at radius 1 is 0.545 bits per heavy atom. The Balaban J connectivity index is 3.68. The van der Waals surface area contributed by atoms with Gasteiger partial charge in [0.25, 0.3) is 7.82 Å². The number of phosphoric acid groups is 1. The summed E-state index contributed by atoms with van der Waals surface area (Å²) in [5.41, 5.74) is 0. The third-order valence-electron chi connectivity index (χ3n) is 11.6. The van der Waals surface area contributed by atoms with Gasteiger partial charge in [0.1, 0.15) is 13.2 Å². The van der Waals surface area contributed by atoms with Crippen molar-refractivity contribution in [3.05, 3.63) is 85.1 Å². The molecule has 0 saturated carbocycles. The van der Waals surface area contributed by atoms with Crippen molar-refractivity contribution in [1.29, 1.82) is 0 Å². The highest BCUT2D eigenvalue weighted by atomic mass is 31.2. The van der Waals surface area contributed by atoms with Crippen LogP contribution in [-0.2, 0) is 18.4 Å². The van der Waals surface area contributed by atoms with E-state index in [4.69, 9.17) is 9.05 Å². The first-order valence-corrected chi connectivity index (χ1v) is 28.4. The maximum absolute atomic E-state index is 12.7. The van der Waals surface area contributed by atoms with Crippen LogP contribution >= 0.6 is 7.82 Å². The first-order valence-electron chi connectivity index (χ1n) is 26.9. The van der Waals surface area contributed by atoms with Crippen LogP contribution in [0.3, 0.4) is 0 Å². The lowest BCUT2D eigenvalue weighted by Crippen LogP contribution is -2.46. The molecule has 3 atom stereocenters. The number of phosphoric ester groups is 1. The molecule has 0 aromatic carbocycles. The molecule has 66 heavy (non-hydrogen) atoms. The van der Waals surface area contributed by atoms with Gasteiger partial charge in [-0.05, 0) is 70.6 Å². The molecule has 0 aliphatic heterocycles. The van der Waals surface area contributed by atoms with E-state index in [2.05, 4.69) is 104 Å². The third kappa shape index (κ3) is 49.6. The zero-order valence-corrected chi connectivity index (χ0v) is 44.3. The van der Waals surface area contributed by atoms with Crippen LogP contribution in [0.5, 0.6) is 0 Å². The lowest BCUT2D eigenvalue weighted by Gasteiger charge is -2.30. The Labute approximate surface area is 407 Å². The van der Waals surface area contributed by atoms with Crippen LogP contribution in [0.1, 0.15) is 219 Å². The van der Waals surface area contributed by atoms with Gasteiger partial charge in [-0.3, -0.25) is 9.36 Å². The van der Waals surface area contributed by atoms with Gasteiger partial charge in [0.2, 0.25) is 5.91 Å². The van der Waals surface area contributed by atoms with Gasteiger partial charge < -0.3 is 28.8 Å². The van der Waals surface area contributed by atoms with E-state index in [9.17, 15) is 19.4 Å². The summed E-state index contributed by atoms with van der Waals surface area (Å²) < 4.78 is 23.0. The van der Waals surface area contributed by atoms with Gasteiger partial charge >= 0.3 is 0 Å². The molecule has 0 spiro atoms. The lowest BCUT2D eigenvalue weighted by atomic mass is 10.0. The normalized spacial score (nSPS) is 14.7. The van der Waals surface area contributed by atoms with Gasteiger partial charge in [-0.2, -0.15) is 0 Å². The number of carbonyl (C=O) groups is 1. The van der Waals surface area contributed by atoms with E-state index in [1.54, 1.807) is 0 Å². The highest BCUT2D eigenvalue weighted by molar-refractivity contribution is 7.45. The molecule has 9 heteroatoms. The first-order chi connectivity index (χ1) is 32.0. The largest absolute Gasteiger partial charge is 0.756 e. The first kappa shape index (κ1) is 63.7. The molecular weight excluding hydrogens is 840 g/mol. The Hall–Kier alpha value is -2.32. The summed E-state index contributed by atoms with van der Waals surface area (Å²) in [6, 6.07) is -0.797. The lowest BCUT2D eigenvalue weighted by molar-refractivity contribution is -0.870. The van der Waals surface area contributed by atoms with Crippen molar-refractivity contribution >= 4 is 13.7 Å². The molecule has 2 N–H and O–H groups in total. The molecule has 0 aromatic rings. The Morgan fingerprint density at radius 3 is 1.32 bits per heavy atom. The van der Waals surface area contributed by atoms with Crippen LogP contribution in [0.4, 0.5) is 0 Å². The van der Waals surface area contributed by atoms with Gasteiger partial charge in [-0.1, -0.05) is 227 Å².